The molecule has 1 amide bonds. The molecule has 1 aliphatic carbocycles. The highest BCUT2D eigenvalue weighted by Crippen LogP contribution is 2.33. The van der Waals surface area contributed by atoms with E-state index in [0.29, 0.717) is 5.56 Å². The quantitative estimate of drug-likeness (QED) is 0.868. The van der Waals surface area contributed by atoms with Crippen LogP contribution in [0.15, 0.2) is 6.20 Å². The molecule has 19 heavy (non-hydrogen) atoms. The van der Waals surface area contributed by atoms with Crippen molar-refractivity contribution in [1.82, 2.24) is 15.1 Å². The van der Waals surface area contributed by atoms with Gasteiger partial charge in [-0.05, 0) is 38.5 Å². The molecule has 1 heterocycles. The number of carbonyl (C=O) groups excluding carboxylic acids is 1. The number of hydrogen-bond donors (Lipinski definition) is 1. The molecule has 1 N–H and O–H groups in total. The van der Waals surface area contributed by atoms with Gasteiger partial charge >= 0.3 is 0 Å². The standard InChI is InChI=1S/C14H22BrN3O/c1-10-4-6-14(9-15,7-5-10)17-13(19)12-8-16-18(3)11(12)2/h8,10H,4-7,9H2,1-3H3,(H,17,19). The SMILES string of the molecule is Cc1c(C(=O)NC2(CBr)CCC(C)CC2)cnn1C. The highest BCUT2D eigenvalue weighted by atomic mass is 79.9. The second kappa shape index (κ2) is 5.65. The Hall–Kier alpha value is -0.840. The maximum atomic E-state index is 12.4. The molecule has 0 bridgehead atoms. The first kappa shape index (κ1) is 14.6. The van der Waals surface area contributed by atoms with Gasteiger partial charge in [-0.2, -0.15) is 5.10 Å². The largest absolute Gasteiger partial charge is 0.346 e. The zero-order valence-electron chi connectivity index (χ0n) is 11.9. The fourth-order valence-corrected chi connectivity index (χ4v) is 3.34. The van der Waals surface area contributed by atoms with Gasteiger partial charge in [-0.15, -0.1) is 0 Å². The lowest BCUT2D eigenvalue weighted by Crippen LogP contribution is -2.52. The summed E-state index contributed by atoms with van der Waals surface area (Å²) in [4.78, 5) is 12.4. The van der Waals surface area contributed by atoms with Crippen LogP contribution in [-0.2, 0) is 7.05 Å². The highest BCUT2D eigenvalue weighted by Gasteiger charge is 2.35. The molecule has 1 aliphatic rings. The Morgan fingerprint density at radius 1 is 1.58 bits per heavy atom. The van der Waals surface area contributed by atoms with E-state index in [1.807, 2.05) is 14.0 Å². The van der Waals surface area contributed by atoms with Crippen LogP contribution < -0.4 is 5.32 Å². The second-order valence-corrected chi connectivity index (χ2v) is 6.38. The zero-order valence-corrected chi connectivity index (χ0v) is 13.5. The van der Waals surface area contributed by atoms with E-state index in [1.54, 1.807) is 10.9 Å². The number of nitrogens with one attached hydrogen (secondary N) is 1. The van der Waals surface area contributed by atoms with E-state index < -0.39 is 0 Å². The van der Waals surface area contributed by atoms with Crippen molar-refractivity contribution < 1.29 is 4.79 Å². The Morgan fingerprint density at radius 2 is 2.21 bits per heavy atom. The summed E-state index contributed by atoms with van der Waals surface area (Å²) in [6.45, 7) is 4.21. The van der Waals surface area contributed by atoms with Crippen molar-refractivity contribution in [3.8, 4) is 0 Å². The number of aromatic nitrogens is 2. The second-order valence-electron chi connectivity index (χ2n) is 5.82. The summed E-state index contributed by atoms with van der Waals surface area (Å²) in [5, 5.41) is 8.19. The highest BCUT2D eigenvalue weighted by molar-refractivity contribution is 9.09. The average Bonchev–Trinajstić information content (AvgIpc) is 2.73. The molecule has 1 saturated carbocycles. The minimum Gasteiger partial charge on any atom is -0.346 e. The van der Waals surface area contributed by atoms with Gasteiger partial charge in [0.05, 0.1) is 17.3 Å². The van der Waals surface area contributed by atoms with E-state index >= 15 is 0 Å². The lowest BCUT2D eigenvalue weighted by molar-refractivity contribution is 0.0873. The number of amides is 1. The Morgan fingerprint density at radius 3 is 2.68 bits per heavy atom. The number of carbonyl (C=O) groups is 1. The molecule has 5 heteroatoms. The van der Waals surface area contributed by atoms with Gasteiger partial charge in [0.1, 0.15) is 0 Å². The Labute approximate surface area is 123 Å². The van der Waals surface area contributed by atoms with Crippen molar-refractivity contribution in [2.24, 2.45) is 13.0 Å². The summed E-state index contributed by atoms with van der Waals surface area (Å²) < 4.78 is 1.73. The van der Waals surface area contributed by atoms with Crippen molar-refractivity contribution in [2.75, 3.05) is 5.33 Å². The molecule has 106 valence electrons. The number of alkyl halides is 1. The third kappa shape index (κ3) is 3.02. The van der Waals surface area contributed by atoms with Crippen LogP contribution in [0.5, 0.6) is 0 Å². The minimum atomic E-state index is -0.0914. The lowest BCUT2D eigenvalue weighted by atomic mass is 9.78. The molecule has 0 spiro atoms. The minimum absolute atomic E-state index is 0.000368. The summed E-state index contributed by atoms with van der Waals surface area (Å²) in [5.41, 5.74) is 1.50. The predicted molar refractivity (Wildman–Crippen MR) is 79.6 cm³/mol. The summed E-state index contributed by atoms with van der Waals surface area (Å²) in [6, 6.07) is 0. The molecule has 0 aliphatic heterocycles. The number of aryl methyl sites for hydroxylation is 1. The van der Waals surface area contributed by atoms with Gasteiger partial charge in [0.25, 0.3) is 5.91 Å². The molecular formula is C14H22BrN3O. The first-order chi connectivity index (χ1) is 8.97. The fourth-order valence-electron chi connectivity index (χ4n) is 2.64. The Kier molecular flexibility index (Phi) is 4.33. The summed E-state index contributed by atoms with van der Waals surface area (Å²) in [5.74, 6) is 0.767. The maximum Gasteiger partial charge on any atom is 0.255 e. The summed E-state index contributed by atoms with van der Waals surface area (Å²) in [6.07, 6.45) is 6.10. The number of hydrogen-bond acceptors (Lipinski definition) is 2. The predicted octanol–water partition coefficient (Wildman–Crippen LogP) is 2.80. The Bertz CT molecular complexity index is 461. The van der Waals surface area contributed by atoms with E-state index in [4.69, 9.17) is 0 Å². The number of rotatable bonds is 3. The van der Waals surface area contributed by atoms with Crippen LogP contribution >= 0.6 is 15.9 Å². The van der Waals surface area contributed by atoms with Crippen LogP contribution in [0.25, 0.3) is 0 Å². The molecule has 0 atom stereocenters. The van der Waals surface area contributed by atoms with Crippen molar-refractivity contribution in [3.05, 3.63) is 17.5 Å². The number of halogens is 1. The van der Waals surface area contributed by atoms with Crippen LogP contribution in [0.1, 0.15) is 48.7 Å². The summed E-state index contributed by atoms with van der Waals surface area (Å²) >= 11 is 3.58. The van der Waals surface area contributed by atoms with Gasteiger partial charge in [-0.1, -0.05) is 22.9 Å². The third-order valence-corrected chi connectivity index (χ3v) is 5.42. The van der Waals surface area contributed by atoms with Gasteiger partial charge in [0.2, 0.25) is 0 Å². The molecule has 2 rings (SSSR count). The van der Waals surface area contributed by atoms with E-state index in [9.17, 15) is 4.79 Å². The van der Waals surface area contributed by atoms with E-state index in [0.717, 1.165) is 29.8 Å². The molecule has 0 aromatic carbocycles. The molecule has 1 aromatic heterocycles. The molecule has 1 fully saturated rings. The monoisotopic (exact) mass is 327 g/mol. The van der Waals surface area contributed by atoms with E-state index in [2.05, 4.69) is 33.3 Å². The molecule has 0 unspecified atom stereocenters. The zero-order chi connectivity index (χ0) is 14.0. The van der Waals surface area contributed by atoms with Crippen molar-refractivity contribution in [2.45, 2.75) is 45.1 Å². The summed E-state index contributed by atoms with van der Waals surface area (Å²) in [7, 11) is 1.86. The molecule has 0 saturated heterocycles. The van der Waals surface area contributed by atoms with Gasteiger partial charge in [-0.25, -0.2) is 0 Å². The van der Waals surface area contributed by atoms with Gasteiger partial charge in [-0.3, -0.25) is 9.48 Å². The number of nitrogens with zero attached hydrogens (tertiary/aromatic N) is 2. The van der Waals surface area contributed by atoms with Crippen molar-refractivity contribution in [1.29, 1.82) is 0 Å². The van der Waals surface area contributed by atoms with Gasteiger partial charge in [0.15, 0.2) is 0 Å². The van der Waals surface area contributed by atoms with Crippen molar-refractivity contribution in [3.63, 3.8) is 0 Å². The first-order valence-electron chi connectivity index (χ1n) is 6.84. The maximum absolute atomic E-state index is 12.4. The van der Waals surface area contributed by atoms with E-state index in [1.165, 1.54) is 12.8 Å². The average molecular weight is 328 g/mol. The van der Waals surface area contributed by atoms with E-state index in [-0.39, 0.29) is 11.4 Å². The first-order valence-corrected chi connectivity index (χ1v) is 7.97. The van der Waals surface area contributed by atoms with Crippen LogP contribution in [-0.4, -0.2) is 26.6 Å². The van der Waals surface area contributed by atoms with Crippen molar-refractivity contribution >= 4 is 21.8 Å². The smallest absolute Gasteiger partial charge is 0.255 e. The van der Waals surface area contributed by atoms with Crippen LogP contribution in [0.2, 0.25) is 0 Å². The van der Waals surface area contributed by atoms with Gasteiger partial charge in [0, 0.05) is 18.1 Å². The molecule has 0 radical (unpaired) electrons. The molecular weight excluding hydrogens is 306 g/mol. The van der Waals surface area contributed by atoms with Crippen LogP contribution in [0, 0.1) is 12.8 Å². The van der Waals surface area contributed by atoms with Crippen LogP contribution in [0.3, 0.4) is 0 Å². The third-order valence-electron chi connectivity index (χ3n) is 4.35. The Balaban J connectivity index is 2.10. The normalized spacial score (nSPS) is 27.3. The molecule has 4 nitrogen and oxygen atoms in total. The van der Waals surface area contributed by atoms with Gasteiger partial charge < -0.3 is 5.32 Å². The fraction of sp³-hybridized carbons (Fsp3) is 0.714. The van der Waals surface area contributed by atoms with Crippen LogP contribution in [0.4, 0.5) is 0 Å². The molecule has 1 aromatic rings. The lowest BCUT2D eigenvalue weighted by Gasteiger charge is -2.38. The topological polar surface area (TPSA) is 46.9 Å².